The maximum atomic E-state index is 5.87. The van der Waals surface area contributed by atoms with Gasteiger partial charge in [0.15, 0.2) is 0 Å². The normalized spacial score (nSPS) is 26.2. The van der Waals surface area contributed by atoms with Crippen LogP contribution in [0.25, 0.3) is 0 Å². The molecule has 1 aliphatic heterocycles. The topological polar surface area (TPSA) is 38.5 Å². The molecule has 0 bridgehead atoms. The summed E-state index contributed by atoms with van der Waals surface area (Å²) in [6.07, 6.45) is 1.14. The van der Waals surface area contributed by atoms with Gasteiger partial charge in [0.05, 0.1) is 13.2 Å². The molecular formula is C12H26N2O. The Bertz CT molecular complexity index is 200. The van der Waals surface area contributed by atoms with Crippen molar-refractivity contribution in [2.75, 3.05) is 32.8 Å². The lowest BCUT2D eigenvalue weighted by molar-refractivity contribution is -0.0659. The first-order valence-corrected chi connectivity index (χ1v) is 5.96. The van der Waals surface area contributed by atoms with Crippen molar-refractivity contribution >= 4 is 0 Å². The smallest absolute Gasteiger partial charge is 0.0645 e. The predicted molar refractivity (Wildman–Crippen MR) is 63.9 cm³/mol. The van der Waals surface area contributed by atoms with E-state index in [1.807, 2.05) is 0 Å². The lowest BCUT2D eigenvalue weighted by Gasteiger charge is -2.46. The average molecular weight is 214 g/mol. The van der Waals surface area contributed by atoms with Gasteiger partial charge in [-0.15, -0.1) is 0 Å². The standard InChI is InChI=1S/C12H26N2O/c1-5-12(4,8-13)9-14-6-7-15-10-11(14,2)3/h5-10,13H2,1-4H3. The fourth-order valence-electron chi connectivity index (χ4n) is 1.97. The molecule has 1 heterocycles. The quantitative estimate of drug-likeness (QED) is 0.770. The molecule has 3 nitrogen and oxygen atoms in total. The minimum absolute atomic E-state index is 0.157. The largest absolute Gasteiger partial charge is 0.378 e. The van der Waals surface area contributed by atoms with E-state index in [4.69, 9.17) is 10.5 Å². The maximum absolute atomic E-state index is 5.87. The van der Waals surface area contributed by atoms with Crippen LogP contribution in [0.5, 0.6) is 0 Å². The Balaban J connectivity index is 2.62. The fraction of sp³-hybridized carbons (Fsp3) is 1.00. The third kappa shape index (κ3) is 3.16. The Morgan fingerprint density at radius 2 is 2.13 bits per heavy atom. The molecule has 0 radical (unpaired) electrons. The Hall–Kier alpha value is -0.120. The molecule has 0 aliphatic carbocycles. The van der Waals surface area contributed by atoms with Gasteiger partial charge in [-0.1, -0.05) is 13.8 Å². The Morgan fingerprint density at radius 3 is 2.60 bits per heavy atom. The van der Waals surface area contributed by atoms with Gasteiger partial charge in [-0.05, 0) is 32.2 Å². The van der Waals surface area contributed by atoms with Crippen molar-refractivity contribution < 1.29 is 4.74 Å². The van der Waals surface area contributed by atoms with Gasteiger partial charge < -0.3 is 10.5 Å². The number of ether oxygens (including phenoxy) is 1. The molecule has 90 valence electrons. The van der Waals surface area contributed by atoms with E-state index in [9.17, 15) is 0 Å². The zero-order chi connectivity index (χ0) is 11.5. The molecule has 0 saturated carbocycles. The van der Waals surface area contributed by atoms with Crippen LogP contribution >= 0.6 is 0 Å². The van der Waals surface area contributed by atoms with Crippen molar-refractivity contribution in [2.45, 2.75) is 39.7 Å². The maximum Gasteiger partial charge on any atom is 0.0645 e. The number of morpholine rings is 1. The molecule has 0 spiro atoms. The van der Waals surface area contributed by atoms with Crippen LogP contribution in [0.1, 0.15) is 34.1 Å². The summed E-state index contributed by atoms with van der Waals surface area (Å²) in [7, 11) is 0. The van der Waals surface area contributed by atoms with Crippen LogP contribution in [0, 0.1) is 5.41 Å². The van der Waals surface area contributed by atoms with Crippen molar-refractivity contribution in [2.24, 2.45) is 11.1 Å². The summed E-state index contributed by atoms with van der Waals surface area (Å²) in [5.41, 5.74) is 6.27. The highest BCUT2D eigenvalue weighted by Gasteiger charge is 2.34. The lowest BCUT2D eigenvalue weighted by Crippen LogP contribution is -2.56. The van der Waals surface area contributed by atoms with Gasteiger partial charge in [-0.2, -0.15) is 0 Å². The van der Waals surface area contributed by atoms with Crippen LogP contribution in [-0.4, -0.2) is 43.3 Å². The summed E-state index contributed by atoms with van der Waals surface area (Å²) in [5, 5.41) is 0. The summed E-state index contributed by atoms with van der Waals surface area (Å²) in [6.45, 7) is 13.6. The zero-order valence-electron chi connectivity index (χ0n) is 10.7. The van der Waals surface area contributed by atoms with Crippen LogP contribution in [0.2, 0.25) is 0 Å². The summed E-state index contributed by atoms with van der Waals surface area (Å²) >= 11 is 0. The minimum atomic E-state index is 0.157. The minimum Gasteiger partial charge on any atom is -0.378 e. The number of hydrogen-bond acceptors (Lipinski definition) is 3. The number of nitrogens with zero attached hydrogens (tertiary/aromatic N) is 1. The molecule has 1 rings (SSSR count). The molecule has 1 fully saturated rings. The van der Waals surface area contributed by atoms with E-state index in [1.165, 1.54) is 0 Å². The Morgan fingerprint density at radius 1 is 1.47 bits per heavy atom. The van der Waals surface area contributed by atoms with Crippen LogP contribution in [0.4, 0.5) is 0 Å². The number of hydrogen-bond donors (Lipinski definition) is 1. The summed E-state index contributed by atoms with van der Waals surface area (Å²) in [4.78, 5) is 2.52. The number of rotatable bonds is 4. The van der Waals surface area contributed by atoms with Crippen molar-refractivity contribution in [1.82, 2.24) is 4.90 Å². The van der Waals surface area contributed by atoms with Crippen LogP contribution in [-0.2, 0) is 4.74 Å². The Kier molecular flexibility index (Phi) is 4.15. The molecule has 0 amide bonds. The van der Waals surface area contributed by atoms with Gasteiger partial charge in [0.2, 0.25) is 0 Å². The first-order chi connectivity index (χ1) is 6.93. The highest BCUT2D eigenvalue weighted by molar-refractivity contribution is 4.89. The third-order valence-electron chi connectivity index (χ3n) is 3.74. The monoisotopic (exact) mass is 214 g/mol. The average Bonchev–Trinajstić information content (AvgIpc) is 2.21. The zero-order valence-corrected chi connectivity index (χ0v) is 10.7. The molecule has 1 saturated heterocycles. The molecule has 15 heavy (non-hydrogen) atoms. The summed E-state index contributed by atoms with van der Waals surface area (Å²) < 4.78 is 5.52. The SMILES string of the molecule is CCC(C)(CN)CN1CCOCC1(C)C. The first-order valence-electron chi connectivity index (χ1n) is 5.96. The predicted octanol–water partition coefficient (Wildman–Crippen LogP) is 1.47. The fourth-order valence-corrected chi connectivity index (χ4v) is 1.97. The van der Waals surface area contributed by atoms with Crippen LogP contribution in [0.3, 0.4) is 0 Å². The van der Waals surface area contributed by atoms with E-state index in [-0.39, 0.29) is 11.0 Å². The number of nitrogens with two attached hydrogens (primary N) is 1. The second-order valence-electron chi connectivity index (χ2n) is 5.65. The molecule has 1 atom stereocenters. The van der Waals surface area contributed by atoms with Gasteiger partial charge in [-0.3, -0.25) is 4.90 Å². The van der Waals surface area contributed by atoms with E-state index < -0.39 is 0 Å². The van der Waals surface area contributed by atoms with Gasteiger partial charge >= 0.3 is 0 Å². The van der Waals surface area contributed by atoms with E-state index in [1.54, 1.807) is 0 Å². The van der Waals surface area contributed by atoms with Crippen molar-refractivity contribution in [3.63, 3.8) is 0 Å². The molecule has 1 aliphatic rings. The van der Waals surface area contributed by atoms with Crippen LogP contribution in [0.15, 0.2) is 0 Å². The highest BCUT2D eigenvalue weighted by Crippen LogP contribution is 2.27. The van der Waals surface area contributed by atoms with Crippen molar-refractivity contribution in [3.05, 3.63) is 0 Å². The van der Waals surface area contributed by atoms with E-state index >= 15 is 0 Å². The molecule has 3 heteroatoms. The summed E-state index contributed by atoms with van der Waals surface area (Å²) in [6, 6.07) is 0. The molecule has 0 aromatic rings. The highest BCUT2D eigenvalue weighted by atomic mass is 16.5. The summed E-state index contributed by atoms with van der Waals surface area (Å²) in [5.74, 6) is 0. The third-order valence-corrected chi connectivity index (χ3v) is 3.74. The van der Waals surface area contributed by atoms with Gasteiger partial charge in [-0.25, -0.2) is 0 Å². The van der Waals surface area contributed by atoms with Gasteiger partial charge in [0.1, 0.15) is 0 Å². The van der Waals surface area contributed by atoms with E-state index in [0.717, 1.165) is 39.3 Å². The van der Waals surface area contributed by atoms with Gasteiger partial charge in [0, 0.05) is 18.6 Å². The first kappa shape index (κ1) is 12.9. The van der Waals surface area contributed by atoms with E-state index in [2.05, 4.69) is 32.6 Å². The molecule has 0 aromatic heterocycles. The molecular weight excluding hydrogens is 188 g/mol. The van der Waals surface area contributed by atoms with Crippen LogP contribution < -0.4 is 5.73 Å². The second-order valence-corrected chi connectivity index (χ2v) is 5.65. The van der Waals surface area contributed by atoms with Gasteiger partial charge in [0.25, 0.3) is 0 Å². The Labute approximate surface area is 94.0 Å². The second kappa shape index (κ2) is 4.81. The van der Waals surface area contributed by atoms with E-state index in [0.29, 0.717) is 0 Å². The molecule has 0 aromatic carbocycles. The molecule has 1 unspecified atom stereocenters. The van der Waals surface area contributed by atoms with Crippen molar-refractivity contribution in [3.8, 4) is 0 Å². The lowest BCUT2D eigenvalue weighted by atomic mass is 9.85. The molecule has 2 N–H and O–H groups in total. The van der Waals surface area contributed by atoms with Crippen molar-refractivity contribution in [1.29, 1.82) is 0 Å².